The molecule has 2 atom stereocenters. The minimum atomic E-state index is 0.739. The molecular weight excluding hydrogens is 424 g/mol. The first-order chi connectivity index (χ1) is 17.2. The van der Waals surface area contributed by atoms with Crippen LogP contribution in [0.5, 0.6) is 0 Å². The third kappa shape index (κ3) is 30.1. The minimum absolute atomic E-state index is 0.739. The van der Waals surface area contributed by atoms with Gasteiger partial charge in [0.15, 0.2) is 0 Å². The highest BCUT2D eigenvalue weighted by molar-refractivity contribution is 4.55. The van der Waals surface area contributed by atoms with Crippen LogP contribution in [0.2, 0.25) is 0 Å². The lowest BCUT2D eigenvalue weighted by Gasteiger charge is -2.09. The number of unbranched alkanes of at least 4 members (excludes halogenated alkanes) is 22. The van der Waals surface area contributed by atoms with Gasteiger partial charge in [-0.2, -0.15) is 0 Å². The second kappa shape index (κ2) is 30.2. The van der Waals surface area contributed by atoms with Gasteiger partial charge in [-0.25, -0.2) is 0 Å². The predicted octanol–water partition coefficient (Wildman–Crippen LogP) is 12.5. The molecule has 0 aromatic rings. The van der Waals surface area contributed by atoms with Crippen molar-refractivity contribution in [2.75, 3.05) is 13.7 Å². The Morgan fingerprint density at radius 2 is 0.629 bits per heavy atom. The Hall–Kier alpha value is -0.0400. The summed E-state index contributed by atoms with van der Waals surface area (Å²) in [6.45, 7) is 7.99. The molecule has 0 amide bonds. The molecule has 0 saturated carbocycles. The molecular formula is C34H70O. The Kier molecular flexibility index (Phi) is 30.2. The first kappa shape index (κ1) is 35.0. The van der Waals surface area contributed by atoms with Gasteiger partial charge in [-0.1, -0.05) is 188 Å². The van der Waals surface area contributed by atoms with Crippen LogP contribution in [-0.4, -0.2) is 13.7 Å². The molecule has 0 heterocycles. The van der Waals surface area contributed by atoms with E-state index in [0.717, 1.165) is 18.4 Å². The SMILES string of the molecule is CCCC(C)CCCCCCCCCCCCCCCCCCCCCCCCCC(C)COC. The summed E-state index contributed by atoms with van der Waals surface area (Å²) in [5.74, 6) is 1.70. The van der Waals surface area contributed by atoms with Crippen molar-refractivity contribution < 1.29 is 4.74 Å². The fraction of sp³-hybridized carbons (Fsp3) is 1.00. The number of methoxy groups -OCH3 is 1. The molecule has 1 heteroatoms. The summed E-state index contributed by atoms with van der Waals surface area (Å²) >= 11 is 0. The van der Waals surface area contributed by atoms with Gasteiger partial charge in [0.05, 0.1) is 0 Å². The van der Waals surface area contributed by atoms with E-state index >= 15 is 0 Å². The molecule has 0 aliphatic rings. The molecule has 0 aliphatic heterocycles. The summed E-state index contributed by atoms with van der Waals surface area (Å²) in [7, 11) is 1.82. The normalized spacial score (nSPS) is 13.4. The average Bonchev–Trinajstić information content (AvgIpc) is 2.84. The average molecular weight is 495 g/mol. The fourth-order valence-electron chi connectivity index (χ4n) is 5.70. The maximum absolute atomic E-state index is 5.22. The summed E-state index contributed by atoms with van der Waals surface area (Å²) in [5.41, 5.74) is 0. The molecule has 0 saturated heterocycles. The standard InChI is InChI=1S/C34H70O/c1-5-29-33(2)30-27-25-23-21-19-17-15-13-11-9-7-6-8-10-12-14-16-18-20-22-24-26-28-31-34(3)32-35-4/h33-34H,5-32H2,1-4H3. The van der Waals surface area contributed by atoms with E-state index in [9.17, 15) is 0 Å². The number of rotatable bonds is 30. The molecule has 0 aromatic heterocycles. The smallest absolute Gasteiger partial charge is 0.0487 e. The van der Waals surface area contributed by atoms with Crippen LogP contribution in [0.3, 0.4) is 0 Å². The first-order valence-corrected chi connectivity index (χ1v) is 16.7. The highest BCUT2D eigenvalue weighted by Gasteiger charge is 2.01. The van der Waals surface area contributed by atoms with Crippen LogP contribution < -0.4 is 0 Å². The molecule has 35 heavy (non-hydrogen) atoms. The predicted molar refractivity (Wildman–Crippen MR) is 161 cm³/mol. The van der Waals surface area contributed by atoms with E-state index in [-0.39, 0.29) is 0 Å². The van der Waals surface area contributed by atoms with E-state index in [4.69, 9.17) is 4.74 Å². The zero-order valence-corrected chi connectivity index (χ0v) is 25.4. The van der Waals surface area contributed by atoms with Gasteiger partial charge < -0.3 is 4.74 Å². The van der Waals surface area contributed by atoms with Crippen LogP contribution in [0.4, 0.5) is 0 Å². The molecule has 0 aliphatic carbocycles. The quantitative estimate of drug-likeness (QED) is 0.0902. The van der Waals surface area contributed by atoms with Crippen LogP contribution >= 0.6 is 0 Å². The lowest BCUT2D eigenvalue weighted by Crippen LogP contribution is -2.02. The number of hydrogen-bond acceptors (Lipinski definition) is 1. The van der Waals surface area contributed by atoms with Crippen molar-refractivity contribution in [3.63, 3.8) is 0 Å². The zero-order chi connectivity index (χ0) is 25.7. The summed E-state index contributed by atoms with van der Waals surface area (Å²) in [6, 6.07) is 0. The van der Waals surface area contributed by atoms with Gasteiger partial charge in [-0.15, -0.1) is 0 Å². The van der Waals surface area contributed by atoms with Crippen LogP contribution in [0.15, 0.2) is 0 Å². The van der Waals surface area contributed by atoms with E-state index in [1.54, 1.807) is 0 Å². The van der Waals surface area contributed by atoms with Gasteiger partial charge in [0.25, 0.3) is 0 Å². The number of hydrogen-bond donors (Lipinski definition) is 0. The van der Waals surface area contributed by atoms with E-state index in [0.29, 0.717) is 0 Å². The summed E-state index contributed by atoms with van der Waals surface area (Å²) in [5, 5.41) is 0. The van der Waals surface area contributed by atoms with Crippen molar-refractivity contribution in [3.8, 4) is 0 Å². The molecule has 212 valence electrons. The van der Waals surface area contributed by atoms with Gasteiger partial charge in [0.1, 0.15) is 0 Å². The Morgan fingerprint density at radius 3 is 0.886 bits per heavy atom. The molecule has 2 unspecified atom stereocenters. The van der Waals surface area contributed by atoms with E-state index < -0.39 is 0 Å². The topological polar surface area (TPSA) is 9.23 Å². The van der Waals surface area contributed by atoms with Crippen LogP contribution in [0.25, 0.3) is 0 Å². The molecule has 0 N–H and O–H groups in total. The molecule has 1 nitrogen and oxygen atoms in total. The molecule has 0 fully saturated rings. The fourth-order valence-corrected chi connectivity index (χ4v) is 5.70. The third-order valence-electron chi connectivity index (χ3n) is 8.13. The van der Waals surface area contributed by atoms with Crippen LogP contribution in [-0.2, 0) is 4.74 Å². The molecule has 0 bridgehead atoms. The van der Waals surface area contributed by atoms with Crippen molar-refractivity contribution >= 4 is 0 Å². The van der Waals surface area contributed by atoms with E-state index in [1.807, 2.05) is 7.11 Å². The van der Waals surface area contributed by atoms with E-state index in [1.165, 1.54) is 173 Å². The van der Waals surface area contributed by atoms with Crippen molar-refractivity contribution in [3.05, 3.63) is 0 Å². The first-order valence-electron chi connectivity index (χ1n) is 16.7. The monoisotopic (exact) mass is 495 g/mol. The van der Waals surface area contributed by atoms with Gasteiger partial charge >= 0.3 is 0 Å². The van der Waals surface area contributed by atoms with E-state index in [2.05, 4.69) is 20.8 Å². The lowest BCUT2D eigenvalue weighted by atomic mass is 9.98. The highest BCUT2D eigenvalue weighted by Crippen LogP contribution is 2.18. The third-order valence-corrected chi connectivity index (χ3v) is 8.13. The summed E-state index contributed by atoms with van der Waals surface area (Å²) in [6.07, 6.45) is 39.4. The van der Waals surface area contributed by atoms with Gasteiger partial charge in [-0.05, 0) is 18.3 Å². The Bertz CT molecular complexity index is 332. The summed E-state index contributed by atoms with van der Waals surface area (Å²) < 4.78 is 5.22. The Labute approximate surface area is 224 Å². The van der Waals surface area contributed by atoms with Crippen LogP contribution in [0.1, 0.15) is 194 Å². The molecule has 0 rings (SSSR count). The van der Waals surface area contributed by atoms with Gasteiger partial charge in [0, 0.05) is 13.7 Å². The van der Waals surface area contributed by atoms with Crippen molar-refractivity contribution in [2.45, 2.75) is 194 Å². The zero-order valence-electron chi connectivity index (χ0n) is 25.4. The summed E-state index contributed by atoms with van der Waals surface area (Å²) in [4.78, 5) is 0. The second-order valence-corrected chi connectivity index (χ2v) is 12.2. The Morgan fingerprint density at radius 1 is 0.371 bits per heavy atom. The molecule has 0 spiro atoms. The van der Waals surface area contributed by atoms with Crippen molar-refractivity contribution in [2.24, 2.45) is 11.8 Å². The van der Waals surface area contributed by atoms with Crippen molar-refractivity contribution in [1.29, 1.82) is 0 Å². The van der Waals surface area contributed by atoms with Crippen molar-refractivity contribution in [1.82, 2.24) is 0 Å². The van der Waals surface area contributed by atoms with Crippen LogP contribution in [0, 0.1) is 11.8 Å². The number of ether oxygens (including phenoxy) is 1. The maximum Gasteiger partial charge on any atom is 0.0487 e. The second-order valence-electron chi connectivity index (χ2n) is 12.2. The lowest BCUT2D eigenvalue weighted by molar-refractivity contribution is 0.154. The molecule has 0 aromatic carbocycles. The Balaban J connectivity index is 3.06. The maximum atomic E-state index is 5.22. The molecule has 0 radical (unpaired) electrons. The highest BCUT2D eigenvalue weighted by atomic mass is 16.5. The minimum Gasteiger partial charge on any atom is -0.384 e. The van der Waals surface area contributed by atoms with Gasteiger partial charge in [0.2, 0.25) is 0 Å². The largest absolute Gasteiger partial charge is 0.384 e. The van der Waals surface area contributed by atoms with Gasteiger partial charge in [-0.3, -0.25) is 0 Å².